The van der Waals surface area contributed by atoms with Gasteiger partial charge < -0.3 is 20.9 Å². The Kier molecular flexibility index (Phi) is 36.1. The summed E-state index contributed by atoms with van der Waals surface area (Å²) in [7, 11) is 0. The van der Waals surface area contributed by atoms with Gasteiger partial charge in [-0.25, -0.2) is 4.79 Å². The van der Waals surface area contributed by atoms with Crippen molar-refractivity contribution in [2.75, 3.05) is 6.54 Å². The van der Waals surface area contributed by atoms with E-state index in [1.165, 1.54) is 51.4 Å². The van der Waals surface area contributed by atoms with Crippen LogP contribution in [0.2, 0.25) is 0 Å². The largest absolute Gasteiger partial charge is 0.480 e. The average Bonchev–Trinajstić information content (AvgIpc) is 3.11. The minimum absolute atomic E-state index is 0.111. The number of carboxylic acids is 1. The van der Waals surface area contributed by atoms with E-state index in [2.05, 4.69) is 73.8 Å². The van der Waals surface area contributed by atoms with E-state index in [9.17, 15) is 19.5 Å². The number of hydrogen-bond acceptors (Lipinski definition) is 5. The van der Waals surface area contributed by atoms with Crippen LogP contribution in [0, 0.1) is 0 Å². The Bertz CT molecular complexity index is 984. The molecule has 2 atom stereocenters. The molecule has 0 saturated heterocycles. The third-order valence-electron chi connectivity index (χ3n) is 8.79. The summed E-state index contributed by atoms with van der Waals surface area (Å²) in [5, 5.41) is 11.9. The molecule has 292 valence electrons. The van der Waals surface area contributed by atoms with E-state index in [1.807, 2.05) is 6.08 Å². The van der Waals surface area contributed by atoms with E-state index in [1.54, 1.807) is 0 Å². The molecular formula is C44H76N2O5. The van der Waals surface area contributed by atoms with E-state index >= 15 is 0 Å². The summed E-state index contributed by atoms with van der Waals surface area (Å²) in [6, 6.07) is -0.869. The molecule has 7 nitrogen and oxygen atoms in total. The lowest BCUT2D eigenvalue weighted by atomic mass is 10.1. The first-order chi connectivity index (χ1) is 24.9. The van der Waals surface area contributed by atoms with E-state index in [0.717, 1.165) is 89.9 Å². The number of carbonyl (C=O) groups is 3. The molecule has 0 fully saturated rings. The summed E-state index contributed by atoms with van der Waals surface area (Å²) < 4.78 is 5.91. The van der Waals surface area contributed by atoms with E-state index in [4.69, 9.17) is 10.5 Å². The zero-order chi connectivity index (χ0) is 37.5. The van der Waals surface area contributed by atoms with Gasteiger partial charge in [0, 0.05) is 12.8 Å². The van der Waals surface area contributed by atoms with Gasteiger partial charge in [0.1, 0.15) is 12.1 Å². The Morgan fingerprint density at radius 1 is 0.588 bits per heavy atom. The summed E-state index contributed by atoms with van der Waals surface area (Å²) in [5.41, 5.74) is 5.47. The van der Waals surface area contributed by atoms with Crippen LogP contribution in [-0.2, 0) is 19.1 Å². The zero-order valence-electron chi connectivity index (χ0n) is 32.7. The van der Waals surface area contributed by atoms with Crippen molar-refractivity contribution in [1.29, 1.82) is 0 Å². The predicted molar refractivity (Wildman–Crippen MR) is 216 cm³/mol. The number of amides is 1. The van der Waals surface area contributed by atoms with Crippen molar-refractivity contribution >= 4 is 17.8 Å². The Balaban J connectivity index is 4.48. The maximum Gasteiger partial charge on any atom is 0.326 e. The lowest BCUT2D eigenvalue weighted by molar-refractivity contribution is -0.147. The highest BCUT2D eigenvalue weighted by atomic mass is 16.5. The highest BCUT2D eigenvalue weighted by Gasteiger charge is 2.18. The van der Waals surface area contributed by atoms with Crippen LogP contribution < -0.4 is 11.1 Å². The number of aliphatic carboxylic acids is 1. The van der Waals surface area contributed by atoms with Gasteiger partial charge in [0.2, 0.25) is 5.91 Å². The molecule has 51 heavy (non-hydrogen) atoms. The molecule has 7 heteroatoms. The number of unbranched alkanes of at least 4 members (excludes halogenated alkanes) is 14. The number of carboxylic acid groups (broad SMARTS) is 1. The van der Waals surface area contributed by atoms with Gasteiger partial charge in [0.15, 0.2) is 0 Å². The fraction of sp³-hybridized carbons (Fsp3) is 0.705. The lowest BCUT2D eigenvalue weighted by Crippen LogP contribution is -2.40. The second-order valence-corrected chi connectivity index (χ2v) is 13.7. The van der Waals surface area contributed by atoms with Crippen LogP contribution in [-0.4, -0.2) is 41.6 Å². The van der Waals surface area contributed by atoms with Crippen LogP contribution in [0.4, 0.5) is 0 Å². The zero-order valence-corrected chi connectivity index (χ0v) is 32.7. The molecule has 0 rings (SSSR count). The van der Waals surface area contributed by atoms with Crippen LogP contribution in [0.25, 0.3) is 0 Å². The molecule has 0 spiro atoms. The molecule has 0 aromatic carbocycles. The van der Waals surface area contributed by atoms with E-state index < -0.39 is 12.0 Å². The Morgan fingerprint density at radius 2 is 1.10 bits per heavy atom. The van der Waals surface area contributed by atoms with E-state index in [0.29, 0.717) is 32.2 Å². The molecule has 1 amide bonds. The van der Waals surface area contributed by atoms with E-state index in [-0.39, 0.29) is 18.0 Å². The number of carbonyl (C=O) groups excluding carboxylic acids is 2. The van der Waals surface area contributed by atoms with Crippen LogP contribution in [0.15, 0.2) is 60.8 Å². The Labute approximate surface area is 312 Å². The lowest BCUT2D eigenvalue weighted by Gasteiger charge is -2.15. The maximum absolute atomic E-state index is 12.7. The number of esters is 1. The van der Waals surface area contributed by atoms with Crippen molar-refractivity contribution in [3.05, 3.63) is 60.8 Å². The van der Waals surface area contributed by atoms with Gasteiger partial charge in [-0.15, -0.1) is 0 Å². The molecule has 4 N–H and O–H groups in total. The summed E-state index contributed by atoms with van der Waals surface area (Å²) in [6.45, 7) is 4.85. The number of nitrogens with two attached hydrogens (primary N) is 1. The predicted octanol–water partition coefficient (Wildman–Crippen LogP) is 11.4. The second kappa shape index (κ2) is 38.3. The Morgan fingerprint density at radius 3 is 1.71 bits per heavy atom. The first kappa shape index (κ1) is 48.1. The average molecular weight is 713 g/mol. The molecule has 0 saturated carbocycles. The topological polar surface area (TPSA) is 119 Å². The van der Waals surface area contributed by atoms with Crippen LogP contribution in [0.1, 0.15) is 181 Å². The highest BCUT2D eigenvalue weighted by Crippen LogP contribution is 2.15. The fourth-order valence-corrected chi connectivity index (χ4v) is 5.63. The third-order valence-corrected chi connectivity index (χ3v) is 8.79. The van der Waals surface area contributed by atoms with Crippen molar-refractivity contribution in [2.45, 2.75) is 193 Å². The van der Waals surface area contributed by atoms with Crippen LogP contribution in [0.5, 0.6) is 0 Å². The van der Waals surface area contributed by atoms with Crippen LogP contribution in [0.3, 0.4) is 0 Å². The van der Waals surface area contributed by atoms with Crippen molar-refractivity contribution in [3.8, 4) is 0 Å². The minimum Gasteiger partial charge on any atom is -0.480 e. The summed E-state index contributed by atoms with van der Waals surface area (Å²) >= 11 is 0. The molecule has 2 unspecified atom stereocenters. The van der Waals surface area contributed by atoms with Crippen molar-refractivity contribution in [2.24, 2.45) is 5.73 Å². The normalized spacial score (nSPS) is 13.3. The summed E-state index contributed by atoms with van der Waals surface area (Å²) in [5.74, 6) is -1.35. The number of allylic oxidation sites excluding steroid dienone is 9. The SMILES string of the molecule is CCCC/C=C\C/C=C\CCCCCCCC(=O)OC(/C=C\C/C=C\C/C=C\CCCCC)CCCCCCCC(=O)NC(CCCN)C(=O)O. The van der Waals surface area contributed by atoms with Crippen LogP contribution >= 0.6 is 0 Å². The summed E-state index contributed by atoms with van der Waals surface area (Å²) in [6.07, 6.45) is 47.0. The maximum atomic E-state index is 12.7. The van der Waals surface area contributed by atoms with Crippen molar-refractivity contribution in [1.82, 2.24) is 5.32 Å². The minimum atomic E-state index is -1.02. The molecule has 0 aliphatic carbocycles. The van der Waals surface area contributed by atoms with Crippen molar-refractivity contribution in [3.63, 3.8) is 0 Å². The van der Waals surface area contributed by atoms with Gasteiger partial charge >= 0.3 is 11.9 Å². The molecule has 0 aromatic rings. The molecule has 0 radical (unpaired) electrons. The molecule has 0 heterocycles. The first-order valence-electron chi connectivity index (χ1n) is 20.6. The van der Waals surface area contributed by atoms with Gasteiger partial charge in [0.25, 0.3) is 0 Å². The smallest absolute Gasteiger partial charge is 0.326 e. The molecule has 0 aliphatic rings. The van der Waals surface area contributed by atoms with Gasteiger partial charge in [-0.1, -0.05) is 133 Å². The quantitative estimate of drug-likeness (QED) is 0.0338. The summed E-state index contributed by atoms with van der Waals surface area (Å²) in [4.78, 5) is 36.3. The van der Waals surface area contributed by atoms with Gasteiger partial charge in [-0.3, -0.25) is 9.59 Å². The fourth-order valence-electron chi connectivity index (χ4n) is 5.63. The molecule has 0 aromatic heterocycles. The highest BCUT2D eigenvalue weighted by molar-refractivity contribution is 5.83. The first-order valence-corrected chi connectivity index (χ1v) is 20.6. The number of rotatable bonds is 36. The number of hydrogen-bond donors (Lipinski definition) is 3. The molecule has 0 aliphatic heterocycles. The molecular weight excluding hydrogens is 636 g/mol. The number of ether oxygens (including phenoxy) is 1. The monoisotopic (exact) mass is 713 g/mol. The number of nitrogens with one attached hydrogen (secondary N) is 1. The van der Waals surface area contributed by atoms with Gasteiger partial charge in [-0.05, 0) is 103 Å². The van der Waals surface area contributed by atoms with Gasteiger partial charge in [0.05, 0.1) is 0 Å². The Hall–Kier alpha value is -2.93. The standard InChI is InChI=1S/C44H76N2O5/c1-3-5-7-9-11-13-15-16-17-19-21-23-28-32-38-43(48)51-40(34-29-25-22-20-18-14-12-10-8-6-4-2)35-30-26-24-27-31-37-42(47)46-41(44(49)50)36-33-39-45/h9,11-12,14-16,20,22,29,34,40-41H,3-8,10,13,17-19,21,23-28,30-33,35-39,45H2,1-2H3,(H,46,47)(H,49,50)/b11-9-,14-12-,16-15-,22-20-,34-29-. The molecule has 0 bridgehead atoms. The van der Waals surface area contributed by atoms with Gasteiger partial charge in [-0.2, -0.15) is 0 Å². The third kappa shape index (κ3) is 35.3. The second-order valence-electron chi connectivity index (χ2n) is 13.7. The van der Waals surface area contributed by atoms with Crippen molar-refractivity contribution < 1.29 is 24.2 Å².